The molecule has 5 nitrogen and oxygen atoms in total. The predicted molar refractivity (Wildman–Crippen MR) is 72.5 cm³/mol. The zero-order chi connectivity index (χ0) is 12.7. The number of aromatic nitrogens is 4. The summed E-state index contributed by atoms with van der Waals surface area (Å²) < 4.78 is 2.15. The zero-order valence-corrected chi connectivity index (χ0v) is 10.4. The molecule has 0 radical (unpaired) electrons. The van der Waals surface area contributed by atoms with Crippen molar-refractivity contribution >= 4 is 10.9 Å². The van der Waals surface area contributed by atoms with E-state index in [0.717, 1.165) is 47.9 Å². The van der Waals surface area contributed by atoms with Crippen LogP contribution in [0.15, 0.2) is 36.4 Å². The van der Waals surface area contributed by atoms with Crippen LogP contribution in [0.5, 0.6) is 0 Å². The number of rotatable bonds is 1. The van der Waals surface area contributed by atoms with Crippen molar-refractivity contribution in [1.29, 1.82) is 0 Å². The van der Waals surface area contributed by atoms with Crippen LogP contribution < -0.4 is 5.32 Å². The van der Waals surface area contributed by atoms with Gasteiger partial charge >= 0.3 is 0 Å². The number of pyridine rings is 1. The highest BCUT2D eigenvalue weighted by Gasteiger charge is 2.17. The average molecular weight is 251 g/mol. The van der Waals surface area contributed by atoms with Gasteiger partial charge in [-0.05, 0) is 12.1 Å². The molecule has 3 heterocycles. The summed E-state index contributed by atoms with van der Waals surface area (Å²) >= 11 is 0. The lowest BCUT2D eigenvalue weighted by molar-refractivity contribution is 0.508. The van der Waals surface area contributed by atoms with Crippen molar-refractivity contribution < 1.29 is 0 Å². The van der Waals surface area contributed by atoms with E-state index in [-0.39, 0.29) is 0 Å². The molecule has 0 bridgehead atoms. The molecule has 0 fully saturated rings. The van der Waals surface area contributed by atoms with Crippen molar-refractivity contribution in [3.63, 3.8) is 0 Å². The molecule has 5 heteroatoms. The first-order chi connectivity index (χ1) is 9.42. The van der Waals surface area contributed by atoms with E-state index >= 15 is 0 Å². The molecule has 1 aliphatic heterocycles. The second-order valence-electron chi connectivity index (χ2n) is 4.66. The minimum atomic E-state index is 0.778. The van der Waals surface area contributed by atoms with E-state index in [0.29, 0.717) is 0 Å². The van der Waals surface area contributed by atoms with E-state index in [9.17, 15) is 0 Å². The van der Waals surface area contributed by atoms with Crippen molar-refractivity contribution in [1.82, 2.24) is 25.1 Å². The molecule has 0 spiro atoms. The fourth-order valence-electron chi connectivity index (χ4n) is 2.47. The molecule has 19 heavy (non-hydrogen) atoms. The Kier molecular flexibility index (Phi) is 2.31. The first-order valence-corrected chi connectivity index (χ1v) is 6.41. The van der Waals surface area contributed by atoms with Crippen LogP contribution in [0.1, 0.15) is 5.82 Å². The molecule has 0 amide bonds. The third kappa shape index (κ3) is 1.70. The van der Waals surface area contributed by atoms with Crippen molar-refractivity contribution in [2.45, 2.75) is 13.1 Å². The Morgan fingerprint density at radius 2 is 2.00 bits per heavy atom. The largest absolute Gasteiger partial charge is 0.308 e. The van der Waals surface area contributed by atoms with Crippen LogP contribution in [0.3, 0.4) is 0 Å². The van der Waals surface area contributed by atoms with Crippen molar-refractivity contribution in [2.75, 3.05) is 6.54 Å². The molecule has 1 aliphatic rings. The lowest BCUT2D eigenvalue weighted by Gasteiger charge is -2.15. The summed E-state index contributed by atoms with van der Waals surface area (Å²) in [7, 11) is 0. The van der Waals surface area contributed by atoms with Gasteiger partial charge in [-0.2, -0.15) is 0 Å². The highest BCUT2D eigenvalue weighted by Crippen LogP contribution is 2.21. The number of para-hydroxylation sites is 1. The summed E-state index contributed by atoms with van der Waals surface area (Å²) in [6, 6.07) is 12.2. The molecule has 3 aromatic rings. The van der Waals surface area contributed by atoms with Crippen LogP contribution in [0.4, 0.5) is 0 Å². The minimum absolute atomic E-state index is 0.778. The quantitative estimate of drug-likeness (QED) is 0.713. The first-order valence-electron chi connectivity index (χ1n) is 6.41. The second kappa shape index (κ2) is 4.13. The van der Waals surface area contributed by atoms with Crippen LogP contribution in [0.2, 0.25) is 0 Å². The molecule has 94 valence electrons. The fourth-order valence-corrected chi connectivity index (χ4v) is 2.47. The fraction of sp³-hybridized carbons (Fsp3) is 0.214. The molecule has 1 aromatic carbocycles. The van der Waals surface area contributed by atoms with Gasteiger partial charge in [-0.1, -0.05) is 24.3 Å². The van der Waals surface area contributed by atoms with Crippen LogP contribution in [0, 0.1) is 0 Å². The summed E-state index contributed by atoms with van der Waals surface area (Å²) in [5.41, 5.74) is 1.88. The monoisotopic (exact) mass is 251 g/mol. The van der Waals surface area contributed by atoms with Crippen molar-refractivity contribution in [3.05, 3.63) is 42.2 Å². The Balaban J connectivity index is 1.88. The number of fused-ring (bicyclic) bond motifs is 2. The molecular weight excluding hydrogens is 238 g/mol. The smallest absolute Gasteiger partial charge is 0.182 e. The summed E-state index contributed by atoms with van der Waals surface area (Å²) in [5.74, 6) is 1.85. The zero-order valence-electron chi connectivity index (χ0n) is 10.4. The third-order valence-corrected chi connectivity index (χ3v) is 3.45. The van der Waals surface area contributed by atoms with Crippen LogP contribution in [-0.4, -0.2) is 26.3 Å². The highest BCUT2D eigenvalue weighted by molar-refractivity contribution is 5.80. The van der Waals surface area contributed by atoms with Gasteiger partial charge in [0.15, 0.2) is 5.82 Å². The van der Waals surface area contributed by atoms with Gasteiger partial charge < -0.3 is 9.88 Å². The van der Waals surface area contributed by atoms with Gasteiger partial charge in [0, 0.05) is 18.5 Å². The van der Waals surface area contributed by atoms with Crippen molar-refractivity contribution in [2.24, 2.45) is 0 Å². The molecular formula is C14H13N5. The maximum absolute atomic E-state index is 4.68. The summed E-state index contributed by atoms with van der Waals surface area (Å²) in [6.45, 7) is 2.62. The highest BCUT2D eigenvalue weighted by atomic mass is 15.3. The van der Waals surface area contributed by atoms with Gasteiger partial charge in [0.05, 0.1) is 12.1 Å². The Hall–Kier alpha value is -2.27. The van der Waals surface area contributed by atoms with Gasteiger partial charge in [0.25, 0.3) is 0 Å². The molecule has 1 N–H and O–H groups in total. The molecule has 4 rings (SSSR count). The van der Waals surface area contributed by atoms with E-state index in [1.54, 1.807) is 0 Å². The summed E-state index contributed by atoms with van der Waals surface area (Å²) in [6.07, 6.45) is 0. The van der Waals surface area contributed by atoms with Crippen molar-refractivity contribution in [3.8, 4) is 11.5 Å². The molecule has 0 aliphatic carbocycles. The molecule has 0 unspecified atom stereocenters. The summed E-state index contributed by atoms with van der Waals surface area (Å²) in [4.78, 5) is 4.68. The van der Waals surface area contributed by atoms with Gasteiger partial charge in [0.2, 0.25) is 0 Å². The maximum atomic E-state index is 4.68. The number of hydrogen-bond acceptors (Lipinski definition) is 4. The second-order valence-corrected chi connectivity index (χ2v) is 4.66. The van der Waals surface area contributed by atoms with Crippen LogP contribution >= 0.6 is 0 Å². The van der Waals surface area contributed by atoms with Gasteiger partial charge in [0.1, 0.15) is 11.5 Å². The number of hydrogen-bond donors (Lipinski definition) is 1. The predicted octanol–water partition coefficient (Wildman–Crippen LogP) is 1.60. The first kappa shape index (κ1) is 10.6. The third-order valence-electron chi connectivity index (χ3n) is 3.45. The Bertz CT molecular complexity index is 746. The Morgan fingerprint density at radius 1 is 1.05 bits per heavy atom. The molecule has 0 atom stereocenters. The topological polar surface area (TPSA) is 55.6 Å². The number of nitrogens with zero attached hydrogens (tertiary/aromatic N) is 4. The van der Waals surface area contributed by atoms with Gasteiger partial charge in [-0.15, -0.1) is 10.2 Å². The SMILES string of the molecule is c1ccc2nc(-c3nnc4n3CCNC4)ccc2c1. The lowest BCUT2D eigenvalue weighted by Crippen LogP contribution is -2.28. The average Bonchev–Trinajstić information content (AvgIpc) is 2.91. The van der Waals surface area contributed by atoms with Crippen LogP contribution in [0.25, 0.3) is 22.4 Å². The van der Waals surface area contributed by atoms with E-state index in [4.69, 9.17) is 0 Å². The van der Waals surface area contributed by atoms with E-state index in [2.05, 4.69) is 37.2 Å². The standard InChI is InChI=1S/C14H13N5/c1-2-4-11-10(3-1)5-6-12(16-11)14-18-17-13-9-15-7-8-19(13)14/h1-6,15H,7-9H2. The lowest BCUT2D eigenvalue weighted by atomic mass is 10.2. The number of benzene rings is 1. The van der Waals surface area contributed by atoms with Gasteiger partial charge in [-0.25, -0.2) is 4.98 Å². The minimum Gasteiger partial charge on any atom is -0.308 e. The van der Waals surface area contributed by atoms with E-state index in [1.165, 1.54) is 0 Å². The molecule has 0 saturated carbocycles. The Labute approximate surface area is 110 Å². The number of nitrogens with one attached hydrogen (secondary N) is 1. The summed E-state index contributed by atoms with van der Waals surface area (Å²) in [5, 5.41) is 12.9. The maximum Gasteiger partial charge on any atom is 0.182 e. The Morgan fingerprint density at radius 3 is 3.00 bits per heavy atom. The van der Waals surface area contributed by atoms with Crippen LogP contribution in [-0.2, 0) is 13.1 Å². The normalized spacial score (nSPS) is 14.5. The molecule has 0 saturated heterocycles. The van der Waals surface area contributed by atoms with E-state index < -0.39 is 0 Å². The van der Waals surface area contributed by atoms with E-state index in [1.807, 2.05) is 24.3 Å². The molecule has 2 aromatic heterocycles. The van der Waals surface area contributed by atoms with Gasteiger partial charge in [-0.3, -0.25) is 0 Å².